The number of carbonyl (C=O) groups is 2. The summed E-state index contributed by atoms with van der Waals surface area (Å²) < 4.78 is 6.37. The van der Waals surface area contributed by atoms with Gasteiger partial charge in [-0.15, -0.1) is 0 Å². The van der Waals surface area contributed by atoms with Crippen LogP contribution in [0.5, 0.6) is 5.75 Å². The number of aromatic nitrogens is 1. The summed E-state index contributed by atoms with van der Waals surface area (Å²) in [6, 6.07) is 14.1. The zero-order valence-corrected chi connectivity index (χ0v) is 22.6. The molecule has 37 heavy (non-hydrogen) atoms. The number of hydrogen-bond donors (Lipinski definition) is 1. The first kappa shape index (κ1) is 25.0. The predicted molar refractivity (Wildman–Crippen MR) is 148 cm³/mol. The molecule has 1 aromatic heterocycles. The highest BCUT2D eigenvalue weighted by atomic mass is 35.5. The molecule has 1 fully saturated rings. The van der Waals surface area contributed by atoms with E-state index in [0.717, 1.165) is 32.5 Å². The fourth-order valence-corrected chi connectivity index (χ4v) is 6.14. The van der Waals surface area contributed by atoms with Gasteiger partial charge >= 0.3 is 5.91 Å². The predicted octanol–water partition coefficient (Wildman–Crippen LogP) is 6.82. The van der Waals surface area contributed by atoms with Gasteiger partial charge in [-0.1, -0.05) is 52.8 Å². The highest BCUT2D eigenvalue weighted by Crippen LogP contribution is 2.46. The molecule has 8 heteroatoms. The molecule has 0 spiro atoms. The maximum atomic E-state index is 13.6. The minimum atomic E-state index is -0.883. The monoisotopic (exact) mass is 532 g/mol. The van der Waals surface area contributed by atoms with E-state index in [4.69, 9.17) is 21.3 Å². The lowest BCUT2D eigenvalue weighted by Gasteiger charge is -2.23. The zero-order valence-electron chi connectivity index (χ0n) is 21.0. The van der Waals surface area contributed by atoms with Gasteiger partial charge in [0.05, 0.1) is 39.5 Å². The quantitative estimate of drug-likeness (QED) is 0.177. The SMILES string of the molecule is COc1c(Cl)cc(C)cc1/C(O)=C1\C(=O)C(=O)N(c2nc3cc(C)c(C)cc3s2)C1c1cccc(C)c1. The number of hydrogen-bond acceptors (Lipinski definition) is 6. The van der Waals surface area contributed by atoms with E-state index in [9.17, 15) is 14.7 Å². The molecule has 3 aromatic carbocycles. The molecule has 2 heterocycles. The number of fused-ring (bicyclic) bond motifs is 1. The molecule has 1 N–H and O–H groups in total. The summed E-state index contributed by atoms with van der Waals surface area (Å²) in [5.41, 5.74) is 5.57. The van der Waals surface area contributed by atoms with E-state index in [2.05, 4.69) is 0 Å². The summed E-state index contributed by atoms with van der Waals surface area (Å²) in [5, 5.41) is 12.3. The number of benzene rings is 3. The third-order valence-corrected chi connectivity index (χ3v) is 7.95. The van der Waals surface area contributed by atoms with Crippen LogP contribution in [0, 0.1) is 27.7 Å². The standard InChI is InChI=1S/C29H25ClN2O4S/c1-14-7-6-8-18(9-14)24-23(25(33)19-10-15(2)11-20(30)27(19)36-5)26(34)28(35)32(24)29-31-21-12-16(3)17(4)13-22(21)37-29/h6-13,24,33H,1-5H3/b25-23+. The molecule has 0 saturated carbocycles. The Kier molecular flexibility index (Phi) is 6.30. The lowest BCUT2D eigenvalue weighted by molar-refractivity contribution is -0.132. The van der Waals surface area contributed by atoms with Crippen LogP contribution in [-0.2, 0) is 9.59 Å². The van der Waals surface area contributed by atoms with Crippen LogP contribution >= 0.6 is 22.9 Å². The minimum Gasteiger partial charge on any atom is -0.507 e. The second kappa shape index (κ2) is 9.32. The third-order valence-electron chi connectivity index (χ3n) is 6.65. The minimum absolute atomic E-state index is 0.0396. The summed E-state index contributed by atoms with van der Waals surface area (Å²) >= 11 is 7.73. The second-order valence-electron chi connectivity index (χ2n) is 9.31. The highest BCUT2D eigenvalue weighted by molar-refractivity contribution is 7.22. The first-order valence-corrected chi connectivity index (χ1v) is 12.9. The molecule has 6 nitrogen and oxygen atoms in total. The molecule has 5 rings (SSSR count). The second-order valence-corrected chi connectivity index (χ2v) is 10.7. The zero-order chi connectivity index (χ0) is 26.6. The summed E-state index contributed by atoms with van der Waals surface area (Å²) in [7, 11) is 1.44. The van der Waals surface area contributed by atoms with Gasteiger partial charge in [0.2, 0.25) is 0 Å². The number of halogens is 1. The van der Waals surface area contributed by atoms with Gasteiger partial charge in [-0.05, 0) is 74.2 Å². The van der Waals surface area contributed by atoms with Crippen molar-refractivity contribution in [1.82, 2.24) is 4.98 Å². The molecule has 1 atom stereocenters. The lowest BCUT2D eigenvalue weighted by atomic mass is 9.94. The number of Topliss-reactive ketones (excluding diaryl/α,β-unsaturated/α-hetero) is 1. The topological polar surface area (TPSA) is 79.7 Å². The van der Waals surface area contributed by atoms with Crippen LogP contribution in [0.3, 0.4) is 0 Å². The molecule has 1 unspecified atom stereocenters. The number of nitrogens with zero attached hydrogens (tertiary/aromatic N) is 2. The average molecular weight is 533 g/mol. The van der Waals surface area contributed by atoms with E-state index >= 15 is 0 Å². The summed E-state index contributed by atoms with van der Waals surface area (Å²) in [6.07, 6.45) is 0. The number of ketones is 1. The van der Waals surface area contributed by atoms with Crippen LogP contribution < -0.4 is 9.64 Å². The molecule has 4 aromatic rings. The van der Waals surface area contributed by atoms with Crippen molar-refractivity contribution < 1.29 is 19.4 Å². The van der Waals surface area contributed by atoms with Crippen LogP contribution in [0.4, 0.5) is 5.13 Å². The van der Waals surface area contributed by atoms with Gasteiger partial charge in [0.1, 0.15) is 11.5 Å². The van der Waals surface area contributed by atoms with E-state index in [1.807, 2.05) is 64.1 Å². The van der Waals surface area contributed by atoms with E-state index in [1.54, 1.807) is 12.1 Å². The normalized spacial score (nSPS) is 17.1. The van der Waals surface area contributed by atoms with Gasteiger partial charge in [-0.3, -0.25) is 14.5 Å². The molecule has 0 bridgehead atoms. The Hall–Kier alpha value is -3.68. The number of aliphatic hydroxyl groups excluding tert-OH is 1. The number of aryl methyl sites for hydroxylation is 4. The van der Waals surface area contributed by atoms with Gasteiger partial charge in [0, 0.05) is 0 Å². The molecule has 1 amide bonds. The van der Waals surface area contributed by atoms with Gasteiger partial charge in [0.25, 0.3) is 5.78 Å². The molecule has 1 aliphatic heterocycles. The number of amides is 1. The van der Waals surface area contributed by atoms with Crippen molar-refractivity contribution in [2.24, 2.45) is 0 Å². The molecule has 0 radical (unpaired) electrons. The van der Waals surface area contributed by atoms with E-state index in [1.165, 1.54) is 23.3 Å². The number of aliphatic hydroxyl groups is 1. The van der Waals surface area contributed by atoms with Crippen molar-refractivity contribution in [1.29, 1.82) is 0 Å². The van der Waals surface area contributed by atoms with Crippen molar-refractivity contribution in [2.45, 2.75) is 33.7 Å². The van der Waals surface area contributed by atoms with Crippen LogP contribution in [0.25, 0.3) is 16.0 Å². The first-order valence-electron chi connectivity index (χ1n) is 11.7. The van der Waals surface area contributed by atoms with Crippen molar-refractivity contribution in [3.05, 3.63) is 92.5 Å². The number of methoxy groups -OCH3 is 1. The smallest absolute Gasteiger partial charge is 0.301 e. The molecule has 0 aliphatic carbocycles. The molecule has 188 valence electrons. The molecule has 1 saturated heterocycles. The van der Waals surface area contributed by atoms with Gasteiger partial charge in [0.15, 0.2) is 5.13 Å². The largest absolute Gasteiger partial charge is 0.507 e. The van der Waals surface area contributed by atoms with Crippen molar-refractivity contribution in [2.75, 3.05) is 12.0 Å². The summed E-state index contributed by atoms with van der Waals surface area (Å²) in [5.74, 6) is -1.67. The van der Waals surface area contributed by atoms with Crippen LogP contribution in [0.1, 0.15) is 39.4 Å². The van der Waals surface area contributed by atoms with E-state index in [0.29, 0.717) is 15.7 Å². The molecular formula is C29H25ClN2O4S. The third kappa shape index (κ3) is 4.18. The number of anilines is 1. The Morgan fingerprint density at radius 2 is 1.76 bits per heavy atom. The Balaban J connectivity index is 1.78. The fraction of sp³-hybridized carbons (Fsp3) is 0.207. The van der Waals surface area contributed by atoms with E-state index < -0.39 is 17.7 Å². The Morgan fingerprint density at radius 3 is 2.46 bits per heavy atom. The van der Waals surface area contributed by atoms with Crippen LogP contribution in [0.2, 0.25) is 5.02 Å². The maximum absolute atomic E-state index is 13.6. The van der Waals surface area contributed by atoms with Crippen LogP contribution in [0.15, 0.2) is 54.1 Å². The highest BCUT2D eigenvalue weighted by Gasteiger charge is 2.48. The lowest BCUT2D eigenvalue weighted by Crippen LogP contribution is -2.29. The molecule has 1 aliphatic rings. The van der Waals surface area contributed by atoms with Gasteiger partial charge in [-0.2, -0.15) is 0 Å². The van der Waals surface area contributed by atoms with Crippen molar-refractivity contribution in [3.63, 3.8) is 0 Å². The van der Waals surface area contributed by atoms with Crippen molar-refractivity contribution >= 4 is 55.7 Å². The number of rotatable bonds is 4. The first-order chi connectivity index (χ1) is 17.6. The number of ether oxygens (including phenoxy) is 1. The molecular weight excluding hydrogens is 508 g/mol. The van der Waals surface area contributed by atoms with Crippen LogP contribution in [-0.4, -0.2) is 28.9 Å². The average Bonchev–Trinajstić information content (AvgIpc) is 3.36. The van der Waals surface area contributed by atoms with E-state index in [-0.39, 0.29) is 22.6 Å². The maximum Gasteiger partial charge on any atom is 0.301 e. The van der Waals surface area contributed by atoms with Gasteiger partial charge in [-0.25, -0.2) is 4.98 Å². The number of carbonyl (C=O) groups excluding carboxylic acids is 2. The Bertz CT molecular complexity index is 1600. The van der Waals surface area contributed by atoms with Crippen molar-refractivity contribution in [3.8, 4) is 5.75 Å². The number of thiazole rings is 1. The summed E-state index contributed by atoms with van der Waals surface area (Å²) in [6.45, 7) is 7.78. The Labute approximate surface area is 223 Å². The van der Waals surface area contributed by atoms with Gasteiger partial charge < -0.3 is 9.84 Å². The Morgan fingerprint density at radius 1 is 1.03 bits per heavy atom. The fourth-order valence-electron chi connectivity index (χ4n) is 4.71. The summed E-state index contributed by atoms with van der Waals surface area (Å²) in [4.78, 5) is 33.2.